The SMILES string of the molecule is O=S(=O)(c1cccc(Br)c1)N1CCN(S(=O)(=O)c2ccc3c(c2)OCCO3)CC1. The fourth-order valence-corrected chi connectivity index (χ4v) is 6.72. The number of nitrogens with zero attached hydrogens (tertiary/aromatic N) is 2. The van der Waals surface area contributed by atoms with Crippen molar-refractivity contribution >= 4 is 36.0 Å². The molecule has 156 valence electrons. The summed E-state index contributed by atoms with van der Waals surface area (Å²) in [6.07, 6.45) is 0. The Kier molecular flexibility index (Phi) is 5.60. The molecule has 0 unspecified atom stereocenters. The number of fused-ring (bicyclic) bond motifs is 1. The molecule has 29 heavy (non-hydrogen) atoms. The minimum atomic E-state index is -3.77. The quantitative estimate of drug-likeness (QED) is 0.633. The largest absolute Gasteiger partial charge is 0.486 e. The third kappa shape index (κ3) is 4.02. The predicted octanol–water partition coefficient (Wildman–Crippen LogP) is 1.92. The van der Waals surface area contributed by atoms with Crippen LogP contribution in [0.1, 0.15) is 0 Å². The highest BCUT2D eigenvalue weighted by molar-refractivity contribution is 9.10. The van der Waals surface area contributed by atoms with E-state index in [4.69, 9.17) is 9.47 Å². The van der Waals surface area contributed by atoms with Crippen LogP contribution in [0.5, 0.6) is 11.5 Å². The van der Waals surface area contributed by atoms with Gasteiger partial charge in [0.05, 0.1) is 9.79 Å². The Morgan fingerprint density at radius 2 is 1.28 bits per heavy atom. The molecule has 1 saturated heterocycles. The molecule has 11 heteroatoms. The number of hydrogen-bond donors (Lipinski definition) is 0. The molecule has 4 rings (SSSR count). The van der Waals surface area contributed by atoms with Gasteiger partial charge in [0.15, 0.2) is 11.5 Å². The molecule has 0 aliphatic carbocycles. The zero-order valence-corrected chi connectivity index (χ0v) is 18.5. The van der Waals surface area contributed by atoms with Crippen molar-refractivity contribution < 1.29 is 26.3 Å². The first-order chi connectivity index (χ1) is 13.8. The van der Waals surface area contributed by atoms with Crippen LogP contribution in [0.2, 0.25) is 0 Å². The van der Waals surface area contributed by atoms with E-state index in [-0.39, 0.29) is 36.0 Å². The van der Waals surface area contributed by atoms with Crippen LogP contribution < -0.4 is 9.47 Å². The van der Waals surface area contributed by atoms with Gasteiger partial charge in [0.1, 0.15) is 13.2 Å². The maximum Gasteiger partial charge on any atom is 0.243 e. The van der Waals surface area contributed by atoms with E-state index in [1.165, 1.54) is 32.9 Å². The average molecular weight is 503 g/mol. The Balaban J connectivity index is 1.50. The van der Waals surface area contributed by atoms with Crippen molar-refractivity contribution in [3.8, 4) is 11.5 Å². The molecule has 0 N–H and O–H groups in total. The van der Waals surface area contributed by atoms with Gasteiger partial charge in [-0.25, -0.2) is 16.8 Å². The summed E-state index contributed by atoms with van der Waals surface area (Å²) in [6, 6.07) is 11.0. The number of sulfonamides is 2. The lowest BCUT2D eigenvalue weighted by atomic mass is 10.3. The monoisotopic (exact) mass is 502 g/mol. The van der Waals surface area contributed by atoms with E-state index < -0.39 is 20.0 Å². The fourth-order valence-electron chi connectivity index (χ4n) is 3.26. The molecule has 2 aromatic carbocycles. The summed E-state index contributed by atoms with van der Waals surface area (Å²) in [6.45, 7) is 1.10. The van der Waals surface area contributed by atoms with E-state index in [0.717, 1.165) is 0 Å². The van der Waals surface area contributed by atoms with Crippen molar-refractivity contribution in [2.75, 3.05) is 39.4 Å². The number of benzene rings is 2. The molecule has 0 amide bonds. The molecule has 8 nitrogen and oxygen atoms in total. The third-order valence-electron chi connectivity index (χ3n) is 4.78. The Labute approximate surface area is 178 Å². The number of ether oxygens (including phenoxy) is 2. The van der Waals surface area contributed by atoms with Crippen LogP contribution in [-0.2, 0) is 20.0 Å². The Hall–Kier alpha value is -1.66. The molecule has 0 spiro atoms. The smallest absolute Gasteiger partial charge is 0.243 e. The van der Waals surface area contributed by atoms with E-state index >= 15 is 0 Å². The molecule has 0 saturated carbocycles. The average Bonchev–Trinajstić information content (AvgIpc) is 2.73. The van der Waals surface area contributed by atoms with Crippen LogP contribution in [0.3, 0.4) is 0 Å². The van der Waals surface area contributed by atoms with Gasteiger partial charge in [0.25, 0.3) is 0 Å². The van der Waals surface area contributed by atoms with E-state index in [0.29, 0.717) is 29.2 Å². The van der Waals surface area contributed by atoms with Crippen molar-refractivity contribution in [2.45, 2.75) is 9.79 Å². The second-order valence-electron chi connectivity index (χ2n) is 6.57. The van der Waals surface area contributed by atoms with Crippen LogP contribution >= 0.6 is 15.9 Å². The molecule has 1 fully saturated rings. The number of piperazine rings is 1. The summed E-state index contributed by atoms with van der Waals surface area (Å²) >= 11 is 3.28. The van der Waals surface area contributed by atoms with Gasteiger partial charge in [-0.05, 0) is 30.3 Å². The summed E-state index contributed by atoms with van der Waals surface area (Å²) in [4.78, 5) is 0.278. The van der Waals surface area contributed by atoms with Crippen LogP contribution in [0.25, 0.3) is 0 Å². The van der Waals surface area contributed by atoms with E-state index in [1.54, 1.807) is 18.2 Å². The van der Waals surface area contributed by atoms with Crippen molar-refractivity contribution in [2.24, 2.45) is 0 Å². The van der Waals surface area contributed by atoms with Crippen LogP contribution in [0.15, 0.2) is 56.7 Å². The number of hydrogen-bond acceptors (Lipinski definition) is 6. The first-order valence-electron chi connectivity index (χ1n) is 8.94. The van der Waals surface area contributed by atoms with Gasteiger partial charge in [-0.15, -0.1) is 0 Å². The Morgan fingerprint density at radius 3 is 1.86 bits per heavy atom. The lowest BCUT2D eigenvalue weighted by Gasteiger charge is -2.33. The van der Waals surface area contributed by atoms with Gasteiger partial charge in [0.2, 0.25) is 20.0 Å². The standard InChI is InChI=1S/C18H19BrN2O6S2/c19-14-2-1-3-15(12-14)28(22,23)20-6-8-21(9-7-20)29(24,25)16-4-5-17-18(13-16)27-11-10-26-17/h1-5,12-13H,6-11H2. The minimum absolute atomic E-state index is 0.0734. The maximum absolute atomic E-state index is 13.0. The van der Waals surface area contributed by atoms with Crippen molar-refractivity contribution in [1.29, 1.82) is 0 Å². The predicted molar refractivity (Wildman–Crippen MR) is 109 cm³/mol. The first-order valence-corrected chi connectivity index (χ1v) is 12.6. The molecule has 0 bridgehead atoms. The maximum atomic E-state index is 13.0. The van der Waals surface area contributed by atoms with E-state index in [1.807, 2.05) is 0 Å². The van der Waals surface area contributed by atoms with Gasteiger partial charge in [-0.2, -0.15) is 8.61 Å². The molecular formula is C18H19BrN2O6S2. The second kappa shape index (κ2) is 7.88. The van der Waals surface area contributed by atoms with Crippen molar-refractivity contribution in [3.05, 3.63) is 46.9 Å². The van der Waals surface area contributed by atoms with E-state index in [2.05, 4.69) is 15.9 Å². The minimum Gasteiger partial charge on any atom is -0.486 e. The molecule has 2 aromatic rings. The zero-order chi connectivity index (χ0) is 20.6. The normalized spacial score (nSPS) is 18.5. The second-order valence-corrected chi connectivity index (χ2v) is 11.4. The van der Waals surface area contributed by atoms with Crippen LogP contribution in [0.4, 0.5) is 0 Å². The molecule has 2 aliphatic heterocycles. The Bertz CT molecular complexity index is 1130. The first kappa shape index (κ1) is 20.6. The van der Waals surface area contributed by atoms with Crippen LogP contribution in [0, 0.1) is 0 Å². The lowest BCUT2D eigenvalue weighted by Crippen LogP contribution is -2.50. The highest BCUT2D eigenvalue weighted by Gasteiger charge is 2.34. The topological polar surface area (TPSA) is 93.2 Å². The molecule has 0 atom stereocenters. The highest BCUT2D eigenvalue weighted by Crippen LogP contribution is 2.33. The van der Waals surface area contributed by atoms with Gasteiger partial charge in [0, 0.05) is 36.7 Å². The molecule has 2 aliphatic rings. The molecule has 0 radical (unpaired) electrons. The molecule has 0 aromatic heterocycles. The van der Waals surface area contributed by atoms with Gasteiger partial charge in [-0.1, -0.05) is 22.0 Å². The van der Waals surface area contributed by atoms with Crippen molar-refractivity contribution in [3.63, 3.8) is 0 Å². The van der Waals surface area contributed by atoms with Gasteiger partial charge in [-0.3, -0.25) is 0 Å². The van der Waals surface area contributed by atoms with Crippen LogP contribution in [-0.4, -0.2) is 64.8 Å². The van der Waals surface area contributed by atoms with Crippen molar-refractivity contribution in [1.82, 2.24) is 8.61 Å². The number of rotatable bonds is 4. The van der Waals surface area contributed by atoms with Gasteiger partial charge < -0.3 is 9.47 Å². The summed E-state index contributed by atoms with van der Waals surface area (Å²) in [5.41, 5.74) is 0. The molecule has 2 heterocycles. The summed E-state index contributed by atoms with van der Waals surface area (Å²) in [7, 11) is -7.45. The van der Waals surface area contributed by atoms with E-state index in [9.17, 15) is 16.8 Å². The summed E-state index contributed by atoms with van der Waals surface area (Å²) in [5.74, 6) is 0.910. The third-order valence-corrected chi connectivity index (χ3v) is 9.07. The lowest BCUT2D eigenvalue weighted by molar-refractivity contribution is 0.171. The molecular weight excluding hydrogens is 484 g/mol. The Morgan fingerprint density at radius 1 is 0.724 bits per heavy atom. The summed E-state index contributed by atoms with van der Waals surface area (Å²) in [5, 5.41) is 0. The number of halogens is 1. The fraction of sp³-hybridized carbons (Fsp3) is 0.333. The zero-order valence-electron chi connectivity index (χ0n) is 15.3. The van der Waals surface area contributed by atoms with Gasteiger partial charge >= 0.3 is 0 Å². The summed E-state index contributed by atoms with van der Waals surface area (Å²) < 4.78 is 65.8. The highest BCUT2D eigenvalue weighted by atomic mass is 79.9.